The first-order valence-corrected chi connectivity index (χ1v) is 12.9. The third-order valence-corrected chi connectivity index (χ3v) is 8.03. The van der Waals surface area contributed by atoms with Crippen LogP contribution in [-0.4, -0.2) is 87.2 Å². The third kappa shape index (κ3) is 3.56. The Morgan fingerprint density at radius 1 is 1.13 bits per heavy atom. The van der Waals surface area contributed by atoms with Gasteiger partial charge in [0.05, 0.1) is 24.5 Å². The Morgan fingerprint density at radius 2 is 1.92 bits per heavy atom. The first-order chi connectivity index (χ1) is 18.9. The highest BCUT2D eigenvalue weighted by atomic mass is 16.2. The molecule has 39 heavy (non-hydrogen) atoms. The molecule has 13 heteroatoms. The highest BCUT2D eigenvalue weighted by molar-refractivity contribution is 6.03. The molecule has 2 saturated heterocycles. The van der Waals surface area contributed by atoms with Crippen molar-refractivity contribution in [3.63, 3.8) is 0 Å². The van der Waals surface area contributed by atoms with Gasteiger partial charge >= 0.3 is 0 Å². The quantitative estimate of drug-likeness (QED) is 0.294. The summed E-state index contributed by atoms with van der Waals surface area (Å²) in [7, 11) is 1.92. The van der Waals surface area contributed by atoms with Gasteiger partial charge in [0.1, 0.15) is 17.8 Å². The molecule has 13 nitrogen and oxygen atoms in total. The molecule has 0 radical (unpaired) electrons. The largest absolute Gasteiger partial charge is 0.383 e. The van der Waals surface area contributed by atoms with Gasteiger partial charge < -0.3 is 10.6 Å². The molecule has 4 aromatic rings. The van der Waals surface area contributed by atoms with Crippen LogP contribution in [0.15, 0.2) is 35.8 Å². The van der Waals surface area contributed by atoms with Crippen LogP contribution in [0.2, 0.25) is 0 Å². The van der Waals surface area contributed by atoms with Crippen LogP contribution in [0.1, 0.15) is 70.9 Å². The standard InChI is InChI=1S/C26H25N11O2/c1-13(38)20-21(15-7-16-4-5-17(8-15)36(16)26(39)23-29-11-31-34-23)33-24-18(10-32-37(24)22(20)27)14-3-6-19(28-9-14)25-30-12-35(25)2/h3,6,9-12,15-17,27H,4-5,7-8H2,1-2H3,(H,29,31,34,39)/p+1. The monoisotopic (exact) mass is 524 g/mol. The Bertz CT molecular complexity index is 1690. The number of hydrogen-bond donors (Lipinski definition) is 2. The Kier molecular flexibility index (Phi) is 5.15. The summed E-state index contributed by atoms with van der Waals surface area (Å²) in [4.78, 5) is 45.8. The third-order valence-electron chi connectivity index (χ3n) is 8.03. The van der Waals surface area contributed by atoms with Crippen molar-refractivity contribution in [2.75, 3.05) is 12.8 Å². The Labute approximate surface area is 222 Å². The van der Waals surface area contributed by atoms with E-state index in [9.17, 15) is 9.59 Å². The number of hydrogen-bond acceptors (Lipinski definition) is 9. The number of amides is 1. The molecule has 7 heterocycles. The summed E-state index contributed by atoms with van der Waals surface area (Å²) in [6.07, 6.45) is 9.70. The number of nitrogens with zero attached hydrogens (tertiary/aromatic N) is 9. The number of nitrogens with one attached hydrogen (secondary N) is 1. The lowest BCUT2D eigenvalue weighted by molar-refractivity contribution is -0.372. The lowest BCUT2D eigenvalue weighted by Gasteiger charge is -2.38. The zero-order valence-corrected chi connectivity index (χ0v) is 21.4. The van der Waals surface area contributed by atoms with Gasteiger partial charge in [0.25, 0.3) is 11.7 Å². The molecule has 7 rings (SSSR count). The number of aromatic amines is 1. The molecule has 0 aromatic carbocycles. The van der Waals surface area contributed by atoms with E-state index in [1.807, 2.05) is 28.7 Å². The molecule has 3 N–H and O–H groups in total. The molecular formula is C26H26N11O2+. The fourth-order valence-electron chi connectivity index (χ4n) is 6.22. The Hall–Kier alpha value is -4.81. The van der Waals surface area contributed by atoms with E-state index in [0.717, 1.165) is 35.5 Å². The van der Waals surface area contributed by atoms with Gasteiger partial charge in [-0.05, 0) is 38.7 Å². The van der Waals surface area contributed by atoms with E-state index in [0.29, 0.717) is 29.7 Å². The molecule has 0 saturated carbocycles. The van der Waals surface area contributed by atoms with Gasteiger partial charge in [-0.1, -0.05) is 11.1 Å². The minimum atomic E-state index is -0.158. The molecule has 2 unspecified atom stereocenters. The van der Waals surface area contributed by atoms with Crippen LogP contribution in [0.3, 0.4) is 0 Å². The fourth-order valence-corrected chi connectivity index (χ4v) is 6.22. The summed E-state index contributed by atoms with van der Waals surface area (Å²) >= 11 is 0. The lowest BCUT2D eigenvalue weighted by Crippen LogP contribution is -2.46. The molecule has 2 fully saturated rings. The summed E-state index contributed by atoms with van der Waals surface area (Å²) in [6.45, 7) is 1.50. The number of carbonyl (C=O) groups excluding carboxylic acids is 2. The van der Waals surface area contributed by atoms with E-state index in [1.165, 1.54) is 17.8 Å². The molecule has 2 bridgehead atoms. The number of nitrogen functional groups attached to an aromatic ring is 1. The van der Waals surface area contributed by atoms with E-state index in [4.69, 9.17) is 10.7 Å². The van der Waals surface area contributed by atoms with Crippen LogP contribution in [0.5, 0.6) is 0 Å². The van der Waals surface area contributed by atoms with Gasteiger partial charge in [-0.25, -0.2) is 19.5 Å². The van der Waals surface area contributed by atoms with Crippen molar-refractivity contribution in [3.05, 3.63) is 53.6 Å². The number of piperidine rings is 1. The number of ketones is 1. The second-order valence-electron chi connectivity index (χ2n) is 10.3. The van der Waals surface area contributed by atoms with E-state index in [1.54, 1.807) is 18.7 Å². The van der Waals surface area contributed by atoms with Crippen LogP contribution in [0.25, 0.3) is 16.8 Å². The number of H-pyrrole nitrogens is 1. The number of Topliss-reactive ketones (excluding diaryl/α,β-unsaturated/α-hetero) is 1. The smallest absolute Gasteiger partial charge is 0.291 e. The zero-order valence-electron chi connectivity index (χ0n) is 21.4. The van der Waals surface area contributed by atoms with Crippen LogP contribution in [0, 0.1) is 0 Å². The van der Waals surface area contributed by atoms with E-state index in [-0.39, 0.29) is 41.3 Å². The van der Waals surface area contributed by atoms with Crippen LogP contribution >= 0.6 is 0 Å². The molecular weight excluding hydrogens is 498 g/mol. The van der Waals surface area contributed by atoms with Crippen molar-refractivity contribution in [1.82, 2.24) is 39.7 Å². The number of anilines is 1. The summed E-state index contributed by atoms with van der Waals surface area (Å²) in [5.41, 5.74) is 10.6. The number of pyridine rings is 1. The second-order valence-corrected chi connectivity index (χ2v) is 10.3. The minimum absolute atomic E-state index is 0.0244. The lowest BCUT2D eigenvalue weighted by atomic mass is 9.85. The van der Waals surface area contributed by atoms with Crippen molar-refractivity contribution >= 4 is 35.3 Å². The van der Waals surface area contributed by atoms with Crippen LogP contribution < -0.4 is 5.73 Å². The first kappa shape index (κ1) is 23.3. The van der Waals surface area contributed by atoms with Gasteiger partial charge in [-0.3, -0.25) is 14.7 Å². The summed E-state index contributed by atoms with van der Waals surface area (Å²) in [5.74, 6) is 0.996. The number of aliphatic imine (C=N–C) groups is 1. The molecule has 1 amide bonds. The zero-order chi connectivity index (χ0) is 26.8. The molecule has 3 aliphatic heterocycles. The number of fused-ring (bicyclic) bond motifs is 3. The maximum Gasteiger partial charge on any atom is 0.291 e. The number of nitrogens with two attached hydrogens (primary N) is 1. The van der Waals surface area contributed by atoms with E-state index < -0.39 is 0 Å². The molecule has 0 aliphatic carbocycles. The predicted octanol–water partition coefficient (Wildman–Crippen LogP) is 1.68. The van der Waals surface area contributed by atoms with Crippen molar-refractivity contribution in [2.24, 2.45) is 4.99 Å². The number of amidine groups is 1. The van der Waals surface area contributed by atoms with Crippen molar-refractivity contribution in [2.45, 2.75) is 50.6 Å². The highest BCUT2D eigenvalue weighted by Gasteiger charge is 2.45. The van der Waals surface area contributed by atoms with Gasteiger partial charge in [0, 0.05) is 35.3 Å². The van der Waals surface area contributed by atoms with Crippen LogP contribution in [0.4, 0.5) is 5.82 Å². The molecule has 0 spiro atoms. The van der Waals surface area contributed by atoms with E-state index in [2.05, 4.69) is 30.3 Å². The maximum atomic E-state index is 13.1. The van der Waals surface area contributed by atoms with Crippen LogP contribution in [-0.2, 0) is 0 Å². The maximum absolute atomic E-state index is 13.1. The van der Waals surface area contributed by atoms with Gasteiger partial charge in [-0.2, -0.15) is 14.7 Å². The molecule has 3 aliphatic rings. The van der Waals surface area contributed by atoms with Gasteiger partial charge in [0.15, 0.2) is 11.4 Å². The summed E-state index contributed by atoms with van der Waals surface area (Å²) in [5, 5.41) is 11.0. The number of carbonyl (C=O) groups is 2. The average Bonchev–Trinajstić information content (AvgIpc) is 3.66. The Morgan fingerprint density at radius 3 is 2.51 bits per heavy atom. The molecule has 2 atom stereocenters. The Balaban J connectivity index is 1.26. The fraction of sp³-hybridized carbons (Fsp3) is 0.346. The average molecular weight is 525 g/mol. The van der Waals surface area contributed by atoms with Gasteiger partial charge in [0.2, 0.25) is 12.2 Å². The summed E-state index contributed by atoms with van der Waals surface area (Å²) in [6, 6.07) is 3.92. The predicted molar refractivity (Wildman–Crippen MR) is 141 cm³/mol. The number of aromatic nitrogens is 7. The van der Waals surface area contributed by atoms with Crippen molar-refractivity contribution in [3.8, 4) is 11.1 Å². The molecule has 196 valence electrons. The highest BCUT2D eigenvalue weighted by Crippen LogP contribution is 2.45. The second kappa shape index (κ2) is 8.61. The number of rotatable bonds is 5. The summed E-state index contributed by atoms with van der Waals surface area (Å²) < 4.78 is 3.44. The van der Waals surface area contributed by atoms with Crippen molar-refractivity contribution < 1.29 is 14.2 Å². The SMILES string of the molecule is CC(=O)c1c(C2CC3CCC(C2)N3C(=O)c2ncn[nH]2)nc2c(-c3ccc(C4=[N+](C)C=N4)nc3)cnn2c1N. The minimum Gasteiger partial charge on any atom is -0.383 e. The first-order valence-electron chi connectivity index (χ1n) is 12.9. The normalized spacial score (nSPS) is 22.0. The topological polar surface area (TPSA) is 163 Å². The van der Waals surface area contributed by atoms with Crippen molar-refractivity contribution in [1.29, 1.82) is 0 Å². The van der Waals surface area contributed by atoms with E-state index >= 15 is 0 Å². The van der Waals surface area contributed by atoms with Gasteiger partial charge in [-0.15, -0.1) is 0 Å². The molecule has 4 aromatic heterocycles.